The lowest BCUT2D eigenvalue weighted by Gasteiger charge is -2.36. The van der Waals surface area contributed by atoms with E-state index in [9.17, 15) is 17.6 Å². The van der Waals surface area contributed by atoms with E-state index in [0.29, 0.717) is 30.8 Å². The minimum atomic E-state index is -3.62. The van der Waals surface area contributed by atoms with Crippen LogP contribution < -0.4 is 10.5 Å². The van der Waals surface area contributed by atoms with Gasteiger partial charge in [0.25, 0.3) is 5.91 Å². The number of piperazine rings is 1. The van der Waals surface area contributed by atoms with E-state index in [1.165, 1.54) is 12.1 Å². The molecule has 1 amide bonds. The SMILES string of the molecule is NS(=O)(=O)Cc1ccc(C(=O)N2CCNCC2c2cccc(F)c2)cc1. The second kappa shape index (κ2) is 7.53. The molecule has 1 aliphatic rings. The van der Waals surface area contributed by atoms with Gasteiger partial charge in [0.05, 0.1) is 11.8 Å². The van der Waals surface area contributed by atoms with Crippen LogP contribution in [0.3, 0.4) is 0 Å². The molecule has 0 bridgehead atoms. The van der Waals surface area contributed by atoms with Crippen molar-refractivity contribution in [2.45, 2.75) is 11.8 Å². The molecule has 138 valence electrons. The standard InChI is InChI=1S/C18H20FN3O3S/c19-16-3-1-2-15(10-16)17-11-21-8-9-22(17)18(23)14-6-4-13(5-7-14)12-26(20,24)25/h1-7,10,17,21H,8-9,11-12H2,(H2,20,24,25). The topological polar surface area (TPSA) is 92.5 Å². The Labute approximate surface area is 151 Å². The summed E-state index contributed by atoms with van der Waals surface area (Å²) < 4.78 is 35.9. The molecule has 6 nitrogen and oxygen atoms in total. The van der Waals surface area contributed by atoms with Crippen LogP contribution >= 0.6 is 0 Å². The molecular formula is C18H20FN3O3S. The van der Waals surface area contributed by atoms with Gasteiger partial charge in [-0.2, -0.15) is 0 Å². The van der Waals surface area contributed by atoms with Gasteiger partial charge in [-0.3, -0.25) is 4.79 Å². The van der Waals surface area contributed by atoms with Crippen molar-refractivity contribution in [1.82, 2.24) is 10.2 Å². The zero-order valence-electron chi connectivity index (χ0n) is 14.1. The maximum atomic E-state index is 13.6. The molecule has 8 heteroatoms. The number of nitrogens with two attached hydrogens (primary N) is 1. The Kier molecular flexibility index (Phi) is 5.36. The predicted molar refractivity (Wildman–Crippen MR) is 96.3 cm³/mol. The number of nitrogens with one attached hydrogen (secondary N) is 1. The molecule has 0 saturated carbocycles. The summed E-state index contributed by atoms with van der Waals surface area (Å²) in [5.74, 6) is -0.795. The van der Waals surface area contributed by atoms with Crippen LogP contribution in [0.4, 0.5) is 4.39 Å². The van der Waals surface area contributed by atoms with Crippen LogP contribution in [0.25, 0.3) is 0 Å². The first-order chi connectivity index (χ1) is 12.3. The van der Waals surface area contributed by atoms with Crippen LogP contribution in [0.1, 0.15) is 27.5 Å². The Morgan fingerprint density at radius 3 is 2.62 bits per heavy atom. The van der Waals surface area contributed by atoms with Crippen molar-refractivity contribution in [3.05, 3.63) is 71.0 Å². The molecule has 0 spiro atoms. The smallest absolute Gasteiger partial charge is 0.254 e. The van der Waals surface area contributed by atoms with E-state index < -0.39 is 10.0 Å². The number of halogens is 1. The molecule has 2 aromatic rings. The van der Waals surface area contributed by atoms with E-state index in [0.717, 1.165) is 5.56 Å². The molecule has 1 saturated heterocycles. The van der Waals surface area contributed by atoms with Gasteiger partial charge in [-0.05, 0) is 35.4 Å². The second-order valence-corrected chi connectivity index (χ2v) is 7.89. The van der Waals surface area contributed by atoms with Gasteiger partial charge in [0, 0.05) is 25.2 Å². The molecular weight excluding hydrogens is 357 g/mol. The number of benzene rings is 2. The number of carbonyl (C=O) groups excluding carboxylic acids is 1. The quantitative estimate of drug-likeness (QED) is 0.842. The monoisotopic (exact) mass is 377 g/mol. The summed E-state index contributed by atoms with van der Waals surface area (Å²) in [6, 6.07) is 12.3. The van der Waals surface area contributed by atoms with Crippen LogP contribution in [-0.2, 0) is 15.8 Å². The fraction of sp³-hybridized carbons (Fsp3) is 0.278. The van der Waals surface area contributed by atoms with Gasteiger partial charge < -0.3 is 10.2 Å². The molecule has 3 rings (SSSR count). The number of hydrogen-bond acceptors (Lipinski definition) is 4. The third-order valence-electron chi connectivity index (χ3n) is 4.31. The van der Waals surface area contributed by atoms with Gasteiger partial charge in [0.2, 0.25) is 10.0 Å². The minimum Gasteiger partial charge on any atom is -0.329 e. The van der Waals surface area contributed by atoms with Crippen molar-refractivity contribution in [1.29, 1.82) is 0 Å². The van der Waals surface area contributed by atoms with Gasteiger partial charge in [-0.15, -0.1) is 0 Å². The third kappa shape index (κ3) is 4.46. The molecule has 3 N–H and O–H groups in total. The Morgan fingerprint density at radius 2 is 1.96 bits per heavy atom. The van der Waals surface area contributed by atoms with Crippen molar-refractivity contribution in [3.63, 3.8) is 0 Å². The Morgan fingerprint density at radius 1 is 1.23 bits per heavy atom. The van der Waals surface area contributed by atoms with Crippen molar-refractivity contribution in [2.24, 2.45) is 5.14 Å². The van der Waals surface area contributed by atoms with Crippen LogP contribution in [0.15, 0.2) is 48.5 Å². The van der Waals surface area contributed by atoms with E-state index in [1.807, 2.05) is 0 Å². The summed E-state index contributed by atoms with van der Waals surface area (Å²) >= 11 is 0. The van der Waals surface area contributed by atoms with Crippen LogP contribution in [0.2, 0.25) is 0 Å². The minimum absolute atomic E-state index is 0.178. The first-order valence-corrected chi connectivity index (χ1v) is 9.91. The van der Waals surface area contributed by atoms with E-state index >= 15 is 0 Å². The normalized spacial score (nSPS) is 17.9. The van der Waals surface area contributed by atoms with E-state index in [1.54, 1.807) is 41.3 Å². The summed E-state index contributed by atoms with van der Waals surface area (Å²) in [7, 11) is -3.62. The Hall–Kier alpha value is -2.29. The highest BCUT2D eigenvalue weighted by Crippen LogP contribution is 2.25. The van der Waals surface area contributed by atoms with Gasteiger partial charge in [0.15, 0.2) is 0 Å². The molecule has 1 aliphatic heterocycles. The fourth-order valence-corrected chi connectivity index (χ4v) is 3.76. The molecule has 0 aliphatic carbocycles. The Bertz CT molecular complexity index is 900. The maximum Gasteiger partial charge on any atom is 0.254 e. The van der Waals surface area contributed by atoms with E-state index in [-0.39, 0.29) is 23.5 Å². The van der Waals surface area contributed by atoms with Crippen LogP contribution in [-0.4, -0.2) is 38.9 Å². The number of hydrogen-bond donors (Lipinski definition) is 2. The predicted octanol–water partition coefficient (Wildman–Crippen LogP) is 1.40. The number of sulfonamides is 1. The summed E-state index contributed by atoms with van der Waals surface area (Å²) in [4.78, 5) is 14.6. The third-order valence-corrected chi connectivity index (χ3v) is 5.04. The lowest BCUT2D eigenvalue weighted by Crippen LogP contribution is -2.48. The highest BCUT2D eigenvalue weighted by atomic mass is 32.2. The zero-order valence-corrected chi connectivity index (χ0v) is 14.9. The van der Waals surface area contributed by atoms with Crippen LogP contribution in [0, 0.1) is 5.82 Å². The van der Waals surface area contributed by atoms with Gasteiger partial charge in [-0.1, -0.05) is 24.3 Å². The fourth-order valence-electron chi connectivity index (χ4n) is 3.10. The molecule has 1 fully saturated rings. The lowest BCUT2D eigenvalue weighted by atomic mass is 10.0. The van der Waals surface area contributed by atoms with E-state index in [4.69, 9.17) is 5.14 Å². The number of primary sulfonamides is 1. The van der Waals surface area contributed by atoms with Crippen LogP contribution in [0.5, 0.6) is 0 Å². The first kappa shape index (κ1) is 18.5. The number of nitrogens with zero attached hydrogens (tertiary/aromatic N) is 1. The van der Waals surface area contributed by atoms with E-state index in [2.05, 4.69) is 5.32 Å². The summed E-state index contributed by atoms with van der Waals surface area (Å²) in [5, 5.41) is 8.26. The van der Waals surface area contributed by atoms with Gasteiger partial charge in [-0.25, -0.2) is 17.9 Å². The molecule has 26 heavy (non-hydrogen) atoms. The summed E-state index contributed by atoms with van der Waals surface area (Å²) in [5.41, 5.74) is 1.70. The van der Waals surface area contributed by atoms with Gasteiger partial charge >= 0.3 is 0 Å². The summed E-state index contributed by atoms with van der Waals surface area (Å²) in [6.07, 6.45) is 0. The highest BCUT2D eigenvalue weighted by Gasteiger charge is 2.28. The zero-order chi connectivity index (χ0) is 18.7. The molecule has 1 heterocycles. The Balaban J connectivity index is 1.82. The average Bonchev–Trinajstić information content (AvgIpc) is 2.60. The van der Waals surface area contributed by atoms with Crippen molar-refractivity contribution >= 4 is 15.9 Å². The first-order valence-electron chi connectivity index (χ1n) is 8.20. The molecule has 0 radical (unpaired) electrons. The maximum absolute atomic E-state index is 13.6. The summed E-state index contributed by atoms with van der Waals surface area (Å²) in [6.45, 7) is 1.69. The highest BCUT2D eigenvalue weighted by molar-refractivity contribution is 7.88. The van der Waals surface area contributed by atoms with Gasteiger partial charge in [0.1, 0.15) is 5.82 Å². The number of rotatable bonds is 4. The largest absolute Gasteiger partial charge is 0.329 e. The van der Waals surface area contributed by atoms with Crippen molar-refractivity contribution < 1.29 is 17.6 Å². The number of amides is 1. The molecule has 1 atom stereocenters. The number of carbonyl (C=O) groups is 1. The lowest BCUT2D eigenvalue weighted by molar-refractivity contribution is 0.0634. The molecule has 2 aromatic carbocycles. The second-order valence-electron chi connectivity index (χ2n) is 6.28. The van der Waals surface area contributed by atoms with Crippen molar-refractivity contribution in [3.8, 4) is 0 Å². The molecule has 0 aromatic heterocycles. The molecule has 1 unspecified atom stereocenters. The average molecular weight is 377 g/mol. The van der Waals surface area contributed by atoms with Crippen molar-refractivity contribution in [2.75, 3.05) is 19.6 Å².